The summed E-state index contributed by atoms with van der Waals surface area (Å²) < 4.78 is 28.6. The minimum Gasteiger partial charge on any atom is -0.494 e. The number of ether oxygens (including phenoxy) is 1. The van der Waals surface area contributed by atoms with Crippen LogP contribution in [0.1, 0.15) is 6.92 Å². The van der Waals surface area contributed by atoms with Crippen LogP contribution in [-0.2, 0) is 9.84 Å². The fraction of sp³-hybridized carbons (Fsp3) is 0.200. The lowest BCUT2D eigenvalue weighted by Crippen LogP contribution is -1.97. The van der Waals surface area contributed by atoms with Gasteiger partial charge in [0.15, 0.2) is 9.84 Å². The standard InChI is InChI=1S/C15H16O3S/c1-3-18-14-8-4-6-12(10-14)13-7-5-9-15(11-13)19(2,16)17/h4-11H,3H2,1-2H3. The summed E-state index contributed by atoms with van der Waals surface area (Å²) in [4.78, 5) is 0.326. The molecule has 0 saturated heterocycles. The van der Waals surface area contributed by atoms with Gasteiger partial charge < -0.3 is 4.74 Å². The Bertz CT molecular complexity index is 675. The van der Waals surface area contributed by atoms with E-state index >= 15 is 0 Å². The highest BCUT2D eigenvalue weighted by molar-refractivity contribution is 7.90. The molecule has 0 saturated carbocycles. The summed E-state index contributed by atoms with van der Waals surface area (Å²) in [5.41, 5.74) is 1.81. The normalized spacial score (nSPS) is 11.3. The van der Waals surface area contributed by atoms with Crippen molar-refractivity contribution >= 4 is 9.84 Å². The van der Waals surface area contributed by atoms with Gasteiger partial charge in [0.2, 0.25) is 0 Å². The van der Waals surface area contributed by atoms with Gasteiger partial charge in [-0.2, -0.15) is 0 Å². The van der Waals surface area contributed by atoms with Gasteiger partial charge in [-0.15, -0.1) is 0 Å². The van der Waals surface area contributed by atoms with Crippen molar-refractivity contribution in [2.75, 3.05) is 12.9 Å². The molecule has 0 aromatic heterocycles. The van der Waals surface area contributed by atoms with E-state index in [-0.39, 0.29) is 0 Å². The van der Waals surface area contributed by atoms with E-state index < -0.39 is 9.84 Å². The number of benzene rings is 2. The lowest BCUT2D eigenvalue weighted by molar-refractivity contribution is 0.340. The number of hydrogen-bond acceptors (Lipinski definition) is 3. The van der Waals surface area contributed by atoms with E-state index in [9.17, 15) is 8.42 Å². The third-order valence-electron chi connectivity index (χ3n) is 2.74. The first-order valence-electron chi connectivity index (χ1n) is 6.04. The molecule has 0 aliphatic rings. The van der Waals surface area contributed by atoms with Crippen LogP contribution in [0.3, 0.4) is 0 Å². The monoisotopic (exact) mass is 276 g/mol. The zero-order chi connectivity index (χ0) is 13.9. The van der Waals surface area contributed by atoms with Crippen LogP contribution in [0.2, 0.25) is 0 Å². The maximum Gasteiger partial charge on any atom is 0.175 e. The Morgan fingerprint density at radius 1 is 1.00 bits per heavy atom. The molecule has 0 bridgehead atoms. The van der Waals surface area contributed by atoms with E-state index in [1.165, 1.54) is 6.26 Å². The van der Waals surface area contributed by atoms with Gasteiger partial charge in [0.25, 0.3) is 0 Å². The van der Waals surface area contributed by atoms with Gasteiger partial charge >= 0.3 is 0 Å². The largest absolute Gasteiger partial charge is 0.494 e. The van der Waals surface area contributed by atoms with Crippen molar-refractivity contribution in [3.63, 3.8) is 0 Å². The molecule has 2 aromatic rings. The molecule has 0 unspecified atom stereocenters. The molecule has 0 aliphatic heterocycles. The molecule has 0 amide bonds. The van der Waals surface area contributed by atoms with Gasteiger partial charge in [0.1, 0.15) is 5.75 Å². The molecule has 2 aromatic carbocycles. The second kappa shape index (κ2) is 5.45. The minimum atomic E-state index is -3.18. The van der Waals surface area contributed by atoms with Gasteiger partial charge in [-0.3, -0.25) is 0 Å². The molecule has 0 radical (unpaired) electrons. The molecule has 0 heterocycles. The van der Waals surface area contributed by atoms with Crippen LogP contribution < -0.4 is 4.74 Å². The third-order valence-corrected chi connectivity index (χ3v) is 3.85. The highest BCUT2D eigenvalue weighted by Gasteiger charge is 2.08. The van der Waals surface area contributed by atoms with Crippen LogP contribution in [0.25, 0.3) is 11.1 Å². The molecule has 2 rings (SSSR count). The van der Waals surface area contributed by atoms with Crippen molar-refractivity contribution in [1.29, 1.82) is 0 Å². The van der Waals surface area contributed by atoms with Crippen LogP contribution in [-0.4, -0.2) is 21.3 Å². The SMILES string of the molecule is CCOc1cccc(-c2cccc(S(C)(=O)=O)c2)c1. The van der Waals surface area contributed by atoms with Crippen molar-refractivity contribution in [3.05, 3.63) is 48.5 Å². The molecule has 3 nitrogen and oxygen atoms in total. The molecule has 19 heavy (non-hydrogen) atoms. The lowest BCUT2D eigenvalue weighted by Gasteiger charge is -2.07. The van der Waals surface area contributed by atoms with E-state index in [1.807, 2.05) is 37.3 Å². The zero-order valence-corrected chi connectivity index (χ0v) is 11.8. The molecular weight excluding hydrogens is 260 g/mol. The average molecular weight is 276 g/mol. The fourth-order valence-electron chi connectivity index (χ4n) is 1.84. The van der Waals surface area contributed by atoms with E-state index in [0.29, 0.717) is 11.5 Å². The molecule has 0 aliphatic carbocycles. The summed E-state index contributed by atoms with van der Waals surface area (Å²) in [6, 6.07) is 14.5. The predicted octanol–water partition coefficient (Wildman–Crippen LogP) is 3.16. The van der Waals surface area contributed by atoms with Crippen LogP contribution in [0.5, 0.6) is 5.75 Å². The molecule has 4 heteroatoms. The minimum absolute atomic E-state index is 0.326. The predicted molar refractivity (Wildman–Crippen MR) is 76.2 cm³/mol. The molecular formula is C15H16O3S. The van der Waals surface area contributed by atoms with Crippen LogP contribution in [0.15, 0.2) is 53.4 Å². The summed E-state index contributed by atoms with van der Waals surface area (Å²) in [6.45, 7) is 2.53. The van der Waals surface area contributed by atoms with Gasteiger partial charge in [0, 0.05) is 6.26 Å². The smallest absolute Gasteiger partial charge is 0.175 e. The van der Waals surface area contributed by atoms with Crippen LogP contribution >= 0.6 is 0 Å². The third kappa shape index (κ3) is 3.35. The Hall–Kier alpha value is -1.81. The van der Waals surface area contributed by atoms with Gasteiger partial charge in [-0.1, -0.05) is 24.3 Å². The van der Waals surface area contributed by atoms with Gasteiger partial charge in [-0.25, -0.2) is 8.42 Å². The van der Waals surface area contributed by atoms with Crippen molar-refractivity contribution in [1.82, 2.24) is 0 Å². The molecule has 100 valence electrons. The van der Waals surface area contributed by atoms with Crippen molar-refractivity contribution in [3.8, 4) is 16.9 Å². The van der Waals surface area contributed by atoms with E-state index in [1.54, 1.807) is 18.2 Å². The van der Waals surface area contributed by atoms with E-state index in [2.05, 4.69) is 0 Å². The molecule has 0 fully saturated rings. The number of sulfone groups is 1. The second-order valence-corrected chi connectivity index (χ2v) is 6.28. The van der Waals surface area contributed by atoms with Crippen LogP contribution in [0.4, 0.5) is 0 Å². The highest BCUT2D eigenvalue weighted by Crippen LogP contribution is 2.25. The van der Waals surface area contributed by atoms with Crippen molar-refractivity contribution in [2.45, 2.75) is 11.8 Å². The van der Waals surface area contributed by atoms with Gasteiger partial charge in [0.05, 0.1) is 11.5 Å². The lowest BCUT2D eigenvalue weighted by atomic mass is 10.1. The highest BCUT2D eigenvalue weighted by atomic mass is 32.2. The summed E-state index contributed by atoms with van der Waals surface area (Å²) >= 11 is 0. The maximum atomic E-state index is 11.6. The summed E-state index contributed by atoms with van der Waals surface area (Å²) in [7, 11) is -3.18. The Labute approximate surface area is 113 Å². The Balaban J connectivity index is 2.44. The Morgan fingerprint density at radius 2 is 1.63 bits per heavy atom. The Kier molecular flexibility index (Phi) is 3.90. The Morgan fingerprint density at radius 3 is 2.26 bits per heavy atom. The molecule has 0 spiro atoms. The van der Waals surface area contributed by atoms with Crippen molar-refractivity contribution < 1.29 is 13.2 Å². The van der Waals surface area contributed by atoms with E-state index in [0.717, 1.165) is 16.9 Å². The first-order valence-corrected chi connectivity index (χ1v) is 7.93. The summed E-state index contributed by atoms with van der Waals surface area (Å²) in [5, 5.41) is 0. The topological polar surface area (TPSA) is 43.4 Å². The summed E-state index contributed by atoms with van der Waals surface area (Å²) in [5.74, 6) is 0.782. The molecule has 0 atom stereocenters. The molecule has 0 N–H and O–H groups in total. The van der Waals surface area contributed by atoms with Gasteiger partial charge in [-0.05, 0) is 42.3 Å². The van der Waals surface area contributed by atoms with E-state index in [4.69, 9.17) is 4.74 Å². The van der Waals surface area contributed by atoms with Crippen molar-refractivity contribution in [2.24, 2.45) is 0 Å². The first-order chi connectivity index (χ1) is 9.00. The summed E-state index contributed by atoms with van der Waals surface area (Å²) in [6.07, 6.45) is 1.21. The maximum absolute atomic E-state index is 11.6. The number of hydrogen-bond donors (Lipinski definition) is 0. The zero-order valence-electron chi connectivity index (χ0n) is 11.0. The number of rotatable bonds is 4. The average Bonchev–Trinajstić information content (AvgIpc) is 2.39. The fourth-order valence-corrected chi connectivity index (χ4v) is 2.51. The van der Waals surface area contributed by atoms with Crippen LogP contribution in [0, 0.1) is 0 Å². The quantitative estimate of drug-likeness (QED) is 0.861. The first kappa shape index (κ1) is 13.6. The second-order valence-electron chi connectivity index (χ2n) is 4.26.